The van der Waals surface area contributed by atoms with E-state index in [0.717, 1.165) is 0 Å². The van der Waals surface area contributed by atoms with E-state index in [1.807, 2.05) is 0 Å². The summed E-state index contributed by atoms with van der Waals surface area (Å²) in [4.78, 5) is 3.93. The van der Waals surface area contributed by atoms with Crippen LogP contribution in [0.15, 0.2) is 42.7 Å². The summed E-state index contributed by atoms with van der Waals surface area (Å²) in [7, 11) is -4.11. The standard InChI is InChI=1S/C15H17ClN4O3S2/c1-10(2)20(15(21)24)25(22,23)19-14-9-17-7-6-13(14)18-12-5-3-4-11(16)8-12/h3-10,19H,1-2H3,(H,17,18)(H,21,24). The van der Waals surface area contributed by atoms with Crippen molar-refractivity contribution in [1.29, 1.82) is 0 Å². The number of thiocarbonyl (C=S) groups is 1. The van der Waals surface area contributed by atoms with E-state index < -0.39 is 21.4 Å². The van der Waals surface area contributed by atoms with Crippen LogP contribution >= 0.6 is 23.8 Å². The average molecular weight is 401 g/mol. The van der Waals surface area contributed by atoms with Crippen LogP contribution < -0.4 is 10.0 Å². The van der Waals surface area contributed by atoms with Crippen molar-refractivity contribution < 1.29 is 13.5 Å². The van der Waals surface area contributed by atoms with Crippen molar-refractivity contribution in [1.82, 2.24) is 9.29 Å². The molecule has 1 aromatic heterocycles. The number of aliphatic hydroxyl groups is 1. The summed E-state index contributed by atoms with van der Waals surface area (Å²) in [5.74, 6) is 0. The first-order valence-electron chi connectivity index (χ1n) is 7.22. The molecule has 3 N–H and O–H groups in total. The summed E-state index contributed by atoms with van der Waals surface area (Å²) < 4.78 is 28.1. The topological polar surface area (TPSA) is 94.6 Å². The van der Waals surface area contributed by atoms with Gasteiger partial charge in [0.05, 0.1) is 17.6 Å². The zero-order chi connectivity index (χ0) is 18.6. The zero-order valence-electron chi connectivity index (χ0n) is 13.5. The van der Waals surface area contributed by atoms with Crippen LogP contribution in [-0.2, 0) is 10.2 Å². The van der Waals surface area contributed by atoms with Gasteiger partial charge in [-0.15, -0.1) is 0 Å². The Morgan fingerprint density at radius 2 is 2.04 bits per heavy atom. The second-order valence-electron chi connectivity index (χ2n) is 5.34. The summed E-state index contributed by atoms with van der Waals surface area (Å²) in [6, 6.07) is 8.02. The SMILES string of the molecule is CC(C)N(C(O)=S)S(=O)(=O)Nc1cnccc1Nc1cccc(Cl)c1. The lowest BCUT2D eigenvalue weighted by molar-refractivity contribution is 0.401. The Balaban J connectivity index is 2.33. The van der Waals surface area contributed by atoms with E-state index >= 15 is 0 Å². The number of nitrogens with one attached hydrogen (secondary N) is 2. The van der Waals surface area contributed by atoms with Crippen molar-refractivity contribution in [2.45, 2.75) is 19.9 Å². The van der Waals surface area contributed by atoms with Gasteiger partial charge in [0.2, 0.25) is 0 Å². The van der Waals surface area contributed by atoms with Crippen LogP contribution in [0.3, 0.4) is 0 Å². The number of nitrogens with zero attached hydrogens (tertiary/aromatic N) is 2. The Morgan fingerprint density at radius 3 is 2.64 bits per heavy atom. The summed E-state index contributed by atoms with van der Waals surface area (Å²) >= 11 is 10.6. The molecule has 0 aliphatic heterocycles. The molecule has 0 bridgehead atoms. The number of anilines is 3. The molecule has 2 rings (SSSR count). The van der Waals surface area contributed by atoms with E-state index in [0.29, 0.717) is 20.7 Å². The summed E-state index contributed by atoms with van der Waals surface area (Å²) in [6.07, 6.45) is 2.87. The maximum atomic E-state index is 12.5. The highest BCUT2D eigenvalue weighted by Crippen LogP contribution is 2.27. The van der Waals surface area contributed by atoms with Gasteiger partial charge in [0, 0.05) is 22.9 Å². The molecule has 0 aliphatic carbocycles. The first-order valence-corrected chi connectivity index (χ1v) is 9.45. The van der Waals surface area contributed by atoms with E-state index in [2.05, 4.69) is 27.2 Å². The molecule has 25 heavy (non-hydrogen) atoms. The Bertz CT molecular complexity index is 875. The normalized spacial score (nSPS) is 11.2. The van der Waals surface area contributed by atoms with E-state index in [1.165, 1.54) is 12.4 Å². The minimum Gasteiger partial charge on any atom is -0.486 e. The Morgan fingerprint density at radius 1 is 1.32 bits per heavy atom. The molecule has 0 spiro atoms. The lowest BCUT2D eigenvalue weighted by Crippen LogP contribution is -2.44. The van der Waals surface area contributed by atoms with Crippen LogP contribution in [-0.4, -0.2) is 34.0 Å². The highest BCUT2D eigenvalue weighted by molar-refractivity contribution is 7.92. The van der Waals surface area contributed by atoms with Gasteiger partial charge < -0.3 is 10.4 Å². The lowest BCUT2D eigenvalue weighted by atomic mass is 10.3. The van der Waals surface area contributed by atoms with Crippen molar-refractivity contribution in [3.05, 3.63) is 47.7 Å². The third kappa shape index (κ3) is 4.94. The largest absolute Gasteiger partial charge is 0.486 e. The Labute approximate surface area is 156 Å². The van der Waals surface area contributed by atoms with Gasteiger partial charge in [-0.1, -0.05) is 17.7 Å². The van der Waals surface area contributed by atoms with E-state index in [-0.39, 0.29) is 5.69 Å². The monoisotopic (exact) mass is 400 g/mol. The number of hydrogen-bond acceptors (Lipinski definition) is 5. The molecule has 0 fully saturated rings. The van der Waals surface area contributed by atoms with E-state index in [9.17, 15) is 13.5 Å². The number of aromatic nitrogens is 1. The summed E-state index contributed by atoms with van der Waals surface area (Å²) in [6.45, 7) is 3.19. The first kappa shape index (κ1) is 19.2. The van der Waals surface area contributed by atoms with Gasteiger partial charge in [0.15, 0.2) is 0 Å². The smallest absolute Gasteiger partial charge is 0.327 e. The zero-order valence-corrected chi connectivity index (χ0v) is 15.9. The second-order valence-corrected chi connectivity index (χ2v) is 7.69. The van der Waals surface area contributed by atoms with Crippen LogP contribution in [0.2, 0.25) is 5.02 Å². The van der Waals surface area contributed by atoms with Gasteiger partial charge in [0.1, 0.15) is 0 Å². The molecular weight excluding hydrogens is 384 g/mol. The molecule has 134 valence electrons. The molecule has 7 nitrogen and oxygen atoms in total. The number of rotatable bonds is 6. The molecule has 0 saturated carbocycles. The lowest BCUT2D eigenvalue weighted by Gasteiger charge is -2.26. The van der Waals surface area contributed by atoms with Gasteiger partial charge >= 0.3 is 10.2 Å². The van der Waals surface area contributed by atoms with Crippen molar-refractivity contribution in [2.24, 2.45) is 0 Å². The van der Waals surface area contributed by atoms with Crippen molar-refractivity contribution in [3.8, 4) is 0 Å². The minimum atomic E-state index is -4.11. The molecule has 0 radical (unpaired) electrons. The number of benzene rings is 1. The van der Waals surface area contributed by atoms with E-state index in [1.54, 1.807) is 44.2 Å². The van der Waals surface area contributed by atoms with Gasteiger partial charge in [-0.3, -0.25) is 9.71 Å². The predicted octanol–water partition coefficient (Wildman–Crippen LogP) is 3.69. The molecule has 1 aromatic carbocycles. The quantitative estimate of drug-likeness (QED) is 0.640. The van der Waals surface area contributed by atoms with Crippen molar-refractivity contribution in [2.75, 3.05) is 10.0 Å². The third-order valence-corrected chi connectivity index (χ3v) is 5.22. The number of halogens is 1. The van der Waals surface area contributed by atoms with Crippen molar-refractivity contribution in [3.63, 3.8) is 0 Å². The van der Waals surface area contributed by atoms with Crippen LogP contribution in [0.5, 0.6) is 0 Å². The van der Waals surface area contributed by atoms with Gasteiger partial charge in [-0.2, -0.15) is 8.42 Å². The van der Waals surface area contributed by atoms with E-state index in [4.69, 9.17) is 11.6 Å². The summed E-state index contributed by atoms with van der Waals surface area (Å²) in [5.41, 5.74) is 1.34. The molecule has 0 aliphatic rings. The van der Waals surface area contributed by atoms with Gasteiger partial charge in [-0.25, -0.2) is 4.31 Å². The van der Waals surface area contributed by atoms with Crippen LogP contribution in [0.1, 0.15) is 13.8 Å². The van der Waals surface area contributed by atoms with Crippen LogP contribution in [0.4, 0.5) is 17.1 Å². The van der Waals surface area contributed by atoms with Crippen LogP contribution in [0, 0.1) is 0 Å². The summed E-state index contributed by atoms with van der Waals surface area (Å²) in [5, 5.41) is 12.4. The molecule has 0 unspecified atom stereocenters. The minimum absolute atomic E-state index is 0.198. The van der Waals surface area contributed by atoms with Crippen LogP contribution in [0.25, 0.3) is 0 Å². The highest BCUT2D eigenvalue weighted by atomic mass is 35.5. The molecule has 0 amide bonds. The number of aliphatic hydroxyl groups excluding tert-OH is 1. The second kappa shape index (κ2) is 7.85. The highest BCUT2D eigenvalue weighted by Gasteiger charge is 2.28. The average Bonchev–Trinajstić information content (AvgIpc) is 2.47. The first-order chi connectivity index (χ1) is 11.7. The maximum Gasteiger partial charge on any atom is 0.327 e. The van der Waals surface area contributed by atoms with Crippen molar-refractivity contribution >= 4 is 56.3 Å². The molecule has 1 heterocycles. The number of hydrogen-bond donors (Lipinski definition) is 3. The molecule has 0 atom stereocenters. The number of pyridine rings is 1. The fraction of sp³-hybridized carbons (Fsp3) is 0.200. The predicted molar refractivity (Wildman–Crippen MR) is 104 cm³/mol. The molecule has 10 heteroatoms. The van der Waals surface area contributed by atoms with Gasteiger partial charge in [0.25, 0.3) is 5.17 Å². The fourth-order valence-corrected chi connectivity index (χ4v) is 4.09. The van der Waals surface area contributed by atoms with Gasteiger partial charge in [-0.05, 0) is 50.3 Å². The Kier molecular flexibility index (Phi) is 6.04. The Hall–Kier alpha value is -2.10. The maximum absolute atomic E-state index is 12.5. The molecule has 2 aromatic rings. The molecule has 0 saturated heterocycles. The third-order valence-electron chi connectivity index (χ3n) is 3.08. The fourth-order valence-electron chi connectivity index (χ4n) is 2.10. The molecular formula is C15H17ClN4O3S2.